The number of rotatable bonds is 4. The molecule has 0 unspecified atom stereocenters. The Bertz CT molecular complexity index is 1400. The van der Waals surface area contributed by atoms with Crippen molar-refractivity contribution in [2.75, 3.05) is 0 Å². The number of nitrogens with zero attached hydrogens (tertiary/aromatic N) is 6. The highest BCUT2D eigenvalue weighted by atomic mass is 19.4. The normalized spacial score (nSPS) is 12.2. The van der Waals surface area contributed by atoms with Crippen molar-refractivity contribution < 1.29 is 26.3 Å². The molecule has 0 amide bonds. The van der Waals surface area contributed by atoms with Crippen LogP contribution in [0.1, 0.15) is 11.1 Å². The first-order chi connectivity index (χ1) is 17.1. The summed E-state index contributed by atoms with van der Waals surface area (Å²) in [4.78, 5) is 0. The van der Waals surface area contributed by atoms with Crippen LogP contribution in [-0.4, -0.2) is 30.0 Å². The van der Waals surface area contributed by atoms with Crippen molar-refractivity contribution in [1.82, 2.24) is 30.0 Å². The molecular formula is C24H14F6N6. The average Bonchev–Trinajstić information content (AvgIpc) is 3.54. The summed E-state index contributed by atoms with van der Waals surface area (Å²) in [6.07, 6.45) is -6.17. The van der Waals surface area contributed by atoms with Gasteiger partial charge in [0.1, 0.15) is 0 Å². The van der Waals surface area contributed by atoms with E-state index in [2.05, 4.69) is 20.6 Å². The maximum absolute atomic E-state index is 13.1. The molecule has 0 radical (unpaired) electrons. The molecule has 0 aliphatic heterocycles. The molecule has 0 fully saturated rings. The van der Waals surface area contributed by atoms with Gasteiger partial charge in [0.2, 0.25) is 0 Å². The van der Waals surface area contributed by atoms with Crippen molar-refractivity contribution in [3.63, 3.8) is 0 Å². The quantitative estimate of drug-likeness (QED) is 0.275. The fourth-order valence-corrected chi connectivity index (χ4v) is 3.68. The van der Waals surface area contributed by atoms with E-state index in [1.54, 1.807) is 24.3 Å². The van der Waals surface area contributed by atoms with Crippen molar-refractivity contribution >= 4 is 0 Å². The van der Waals surface area contributed by atoms with E-state index in [-0.39, 0.29) is 11.4 Å². The minimum atomic E-state index is -4.50. The van der Waals surface area contributed by atoms with Gasteiger partial charge in [-0.15, -0.1) is 10.2 Å². The van der Waals surface area contributed by atoms with Gasteiger partial charge in [-0.1, -0.05) is 46.8 Å². The minimum absolute atomic E-state index is 0.188. The number of alkyl halides is 6. The van der Waals surface area contributed by atoms with Gasteiger partial charge in [-0.25, -0.2) is 9.36 Å². The van der Waals surface area contributed by atoms with Gasteiger partial charge in [-0.3, -0.25) is 0 Å². The number of halogens is 6. The highest BCUT2D eigenvalue weighted by Gasteiger charge is 2.31. The lowest BCUT2D eigenvalue weighted by atomic mass is 10.1. The van der Waals surface area contributed by atoms with Crippen LogP contribution < -0.4 is 0 Å². The first-order valence-corrected chi connectivity index (χ1v) is 10.4. The Morgan fingerprint density at radius 3 is 1.28 bits per heavy atom. The second kappa shape index (κ2) is 8.63. The van der Waals surface area contributed by atoms with E-state index in [4.69, 9.17) is 0 Å². The van der Waals surface area contributed by atoms with E-state index in [0.29, 0.717) is 22.5 Å². The third kappa shape index (κ3) is 4.44. The summed E-state index contributed by atoms with van der Waals surface area (Å²) >= 11 is 0. The molecule has 12 heteroatoms. The van der Waals surface area contributed by atoms with E-state index in [1.165, 1.54) is 46.0 Å². The topological polar surface area (TPSA) is 61.4 Å². The van der Waals surface area contributed by atoms with Crippen LogP contribution in [0.2, 0.25) is 0 Å². The summed E-state index contributed by atoms with van der Waals surface area (Å²) in [7, 11) is 0. The Hall–Kier alpha value is -4.48. The maximum atomic E-state index is 13.1. The summed E-state index contributed by atoms with van der Waals surface area (Å²) in [5, 5.41) is 15.5. The highest BCUT2D eigenvalue weighted by Crippen LogP contribution is 2.33. The third-order valence-electron chi connectivity index (χ3n) is 5.41. The molecule has 0 aliphatic carbocycles. The lowest BCUT2D eigenvalue weighted by molar-refractivity contribution is -0.138. The van der Waals surface area contributed by atoms with E-state index in [0.717, 1.165) is 24.3 Å². The summed E-state index contributed by atoms with van der Waals surface area (Å²) in [5.41, 5.74) is 0.870. The zero-order chi connectivity index (χ0) is 25.5. The third-order valence-corrected chi connectivity index (χ3v) is 5.41. The van der Waals surface area contributed by atoms with E-state index in [9.17, 15) is 26.3 Å². The predicted molar refractivity (Wildman–Crippen MR) is 117 cm³/mol. The Labute approximate surface area is 199 Å². The van der Waals surface area contributed by atoms with Gasteiger partial charge in [0.15, 0.2) is 0 Å². The monoisotopic (exact) mass is 500 g/mol. The van der Waals surface area contributed by atoms with Crippen LogP contribution in [0.15, 0.2) is 85.2 Å². The van der Waals surface area contributed by atoms with E-state index >= 15 is 0 Å². The molecule has 5 rings (SSSR count). The first kappa shape index (κ1) is 23.3. The Morgan fingerprint density at radius 1 is 0.528 bits per heavy atom. The molecule has 0 bridgehead atoms. The van der Waals surface area contributed by atoms with Gasteiger partial charge >= 0.3 is 12.4 Å². The van der Waals surface area contributed by atoms with Crippen LogP contribution >= 0.6 is 0 Å². The van der Waals surface area contributed by atoms with Crippen LogP contribution in [0.3, 0.4) is 0 Å². The molecular weight excluding hydrogens is 486 g/mol. The van der Waals surface area contributed by atoms with Gasteiger partial charge in [-0.05, 0) is 36.4 Å². The lowest BCUT2D eigenvalue weighted by Crippen LogP contribution is -2.07. The Morgan fingerprint density at radius 2 is 0.917 bits per heavy atom. The smallest absolute Gasteiger partial charge is 0.213 e. The zero-order valence-corrected chi connectivity index (χ0v) is 18.0. The van der Waals surface area contributed by atoms with Gasteiger partial charge in [0.25, 0.3) is 0 Å². The SMILES string of the molecule is FC(F)(F)c1cccc(-n2nncc2-c2ccc(-c3cnnn3-c3cccc(C(F)(F)F)c3)cc2)c1. The molecule has 0 N–H and O–H groups in total. The molecule has 0 saturated heterocycles. The minimum Gasteiger partial charge on any atom is -0.213 e. The number of benzene rings is 3. The molecule has 0 aliphatic rings. The van der Waals surface area contributed by atoms with Crippen LogP contribution in [0.4, 0.5) is 26.3 Å². The van der Waals surface area contributed by atoms with Crippen LogP contribution in [-0.2, 0) is 12.4 Å². The highest BCUT2D eigenvalue weighted by molar-refractivity contribution is 5.68. The van der Waals surface area contributed by atoms with Crippen LogP contribution in [0.5, 0.6) is 0 Å². The molecule has 3 aromatic carbocycles. The summed E-state index contributed by atoms with van der Waals surface area (Å²) in [6, 6.07) is 16.2. The van der Waals surface area contributed by atoms with Crippen LogP contribution in [0.25, 0.3) is 33.9 Å². The first-order valence-electron chi connectivity index (χ1n) is 10.4. The van der Waals surface area contributed by atoms with Gasteiger partial charge < -0.3 is 0 Å². The van der Waals surface area contributed by atoms with Gasteiger partial charge in [0.05, 0.1) is 46.3 Å². The Balaban J connectivity index is 1.48. The zero-order valence-electron chi connectivity index (χ0n) is 18.0. The van der Waals surface area contributed by atoms with Crippen molar-refractivity contribution in [2.45, 2.75) is 12.4 Å². The molecule has 6 nitrogen and oxygen atoms in total. The Kier molecular flexibility index (Phi) is 5.58. The second-order valence-corrected chi connectivity index (χ2v) is 7.74. The predicted octanol–water partition coefficient (Wildman–Crippen LogP) is 6.22. The lowest BCUT2D eigenvalue weighted by Gasteiger charge is -2.12. The molecule has 2 heterocycles. The van der Waals surface area contributed by atoms with Crippen molar-refractivity contribution in [1.29, 1.82) is 0 Å². The van der Waals surface area contributed by atoms with Gasteiger partial charge in [-0.2, -0.15) is 26.3 Å². The fourth-order valence-electron chi connectivity index (χ4n) is 3.68. The summed E-state index contributed by atoms with van der Waals surface area (Å²) < 4.78 is 81.4. The molecule has 0 spiro atoms. The molecule has 182 valence electrons. The molecule has 0 saturated carbocycles. The molecule has 2 aromatic heterocycles. The largest absolute Gasteiger partial charge is 0.416 e. The maximum Gasteiger partial charge on any atom is 0.416 e. The number of hydrogen-bond acceptors (Lipinski definition) is 4. The van der Waals surface area contributed by atoms with Crippen molar-refractivity contribution in [2.24, 2.45) is 0 Å². The van der Waals surface area contributed by atoms with Gasteiger partial charge in [0, 0.05) is 11.1 Å². The van der Waals surface area contributed by atoms with E-state index in [1.807, 2.05) is 0 Å². The van der Waals surface area contributed by atoms with Crippen molar-refractivity contribution in [3.8, 4) is 33.9 Å². The fraction of sp³-hybridized carbons (Fsp3) is 0.0833. The summed E-state index contributed by atoms with van der Waals surface area (Å²) in [6.45, 7) is 0. The number of hydrogen-bond donors (Lipinski definition) is 0. The molecule has 0 atom stereocenters. The van der Waals surface area contributed by atoms with Crippen LogP contribution in [0, 0.1) is 0 Å². The number of aromatic nitrogens is 6. The second-order valence-electron chi connectivity index (χ2n) is 7.74. The summed E-state index contributed by atoms with van der Waals surface area (Å²) in [5.74, 6) is 0. The van der Waals surface area contributed by atoms with E-state index < -0.39 is 23.5 Å². The average molecular weight is 500 g/mol. The van der Waals surface area contributed by atoms with Crippen molar-refractivity contribution in [3.05, 3.63) is 96.3 Å². The standard InChI is InChI=1S/C24H14F6N6/c25-23(26,27)17-3-1-5-19(11-17)35-21(13-31-33-35)15-7-9-16(10-8-15)22-14-32-34-36(22)20-6-2-4-18(12-20)24(28,29)30/h1-14H. The molecule has 5 aromatic rings. The molecule has 36 heavy (non-hydrogen) atoms.